The number of halogens is 2. The number of fused-ring (bicyclic) bond motifs is 1. The van der Waals surface area contributed by atoms with Crippen LogP contribution in [0.25, 0.3) is 0 Å². The number of nitrogens with one attached hydrogen (secondary N) is 2. The predicted octanol–water partition coefficient (Wildman–Crippen LogP) is 2.66. The number of sulfonamides is 1. The molecule has 11 heteroatoms. The van der Waals surface area contributed by atoms with Crippen molar-refractivity contribution < 1.29 is 17.2 Å². The van der Waals surface area contributed by atoms with E-state index in [9.17, 15) is 17.2 Å². The molecular weight excluding hydrogens is 396 g/mol. The Hall–Kier alpha value is -1.85. The van der Waals surface area contributed by atoms with Crippen LogP contribution >= 0.6 is 11.5 Å². The van der Waals surface area contributed by atoms with E-state index in [1.807, 2.05) is 0 Å². The van der Waals surface area contributed by atoms with E-state index in [1.165, 1.54) is 6.33 Å². The molecule has 0 aliphatic carbocycles. The summed E-state index contributed by atoms with van der Waals surface area (Å²) in [5.41, 5.74) is -0.0388. The van der Waals surface area contributed by atoms with Gasteiger partial charge in [-0.2, -0.15) is 4.37 Å². The smallest absolute Gasteiger partial charge is 0.266 e. The molecule has 2 aromatic rings. The highest BCUT2D eigenvalue weighted by molar-refractivity contribution is 7.93. The molecule has 2 N–H and O–H groups in total. The van der Waals surface area contributed by atoms with Gasteiger partial charge in [-0.1, -0.05) is 0 Å². The van der Waals surface area contributed by atoms with Crippen molar-refractivity contribution in [2.24, 2.45) is 0 Å². The van der Waals surface area contributed by atoms with Gasteiger partial charge < -0.3 is 5.32 Å². The maximum atomic E-state index is 14.5. The zero-order valence-electron chi connectivity index (χ0n) is 14.4. The summed E-state index contributed by atoms with van der Waals surface area (Å²) in [6.45, 7) is 2.58. The second kappa shape index (κ2) is 6.95. The van der Waals surface area contributed by atoms with Gasteiger partial charge in [0.1, 0.15) is 22.9 Å². The normalized spacial score (nSPS) is 19.2. The third-order valence-electron chi connectivity index (χ3n) is 5.31. The number of hydrogen-bond donors (Lipinski definition) is 2. The summed E-state index contributed by atoms with van der Waals surface area (Å²) < 4.78 is 59.3. The Bertz CT molecular complexity index is 927. The van der Waals surface area contributed by atoms with Crippen molar-refractivity contribution in [2.45, 2.75) is 36.1 Å². The number of benzene rings is 1. The minimum atomic E-state index is -4.29. The van der Waals surface area contributed by atoms with Gasteiger partial charge in [0, 0.05) is 29.7 Å². The Balaban J connectivity index is 1.53. The monoisotopic (exact) mass is 415 g/mol. The molecule has 0 radical (unpaired) electrons. The van der Waals surface area contributed by atoms with Crippen molar-refractivity contribution in [3.8, 4) is 0 Å². The fraction of sp³-hybridized carbons (Fsp3) is 0.500. The summed E-state index contributed by atoms with van der Waals surface area (Å²) >= 11 is 0.803. The number of hydrogen-bond acceptors (Lipinski definition) is 7. The molecule has 0 unspecified atom stereocenters. The number of anilines is 2. The highest BCUT2D eigenvalue weighted by atomic mass is 32.2. The molecule has 0 spiro atoms. The van der Waals surface area contributed by atoms with Crippen LogP contribution in [-0.4, -0.2) is 47.8 Å². The molecule has 0 atom stereocenters. The Kier molecular flexibility index (Phi) is 4.77. The minimum Gasteiger partial charge on any atom is -0.381 e. The van der Waals surface area contributed by atoms with Crippen molar-refractivity contribution in [1.82, 2.24) is 14.3 Å². The van der Waals surface area contributed by atoms with Crippen LogP contribution in [0.15, 0.2) is 23.4 Å². The molecule has 1 aromatic carbocycles. The zero-order chi connectivity index (χ0) is 19.1. The lowest BCUT2D eigenvalue weighted by Crippen LogP contribution is -2.44. The molecule has 4 rings (SSSR count). The quantitative estimate of drug-likeness (QED) is 0.754. The third kappa shape index (κ3) is 3.50. The highest BCUT2D eigenvalue weighted by Crippen LogP contribution is 2.39. The van der Waals surface area contributed by atoms with Crippen molar-refractivity contribution in [3.63, 3.8) is 0 Å². The van der Waals surface area contributed by atoms with Crippen molar-refractivity contribution in [2.75, 3.05) is 29.7 Å². The van der Waals surface area contributed by atoms with Crippen molar-refractivity contribution in [1.29, 1.82) is 0 Å². The lowest BCUT2D eigenvalue weighted by Gasteiger charge is -2.32. The topological polar surface area (TPSA) is 87.2 Å². The Morgan fingerprint density at radius 1 is 1.19 bits per heavy atom. The van der Waals surface area contributed by atoms with Crippen LogP contribution in [0.3, 0.4) is 0 Å². The van der Waals surface area contributed by atoms with Crippen LogP contribution < -0.4 is 10.0 Å². The van der Waals surface area contributed by atoms with Gasteiger partial charge in [-0.25, -0.2) is 22.2 Å². The van der Waals surface area contributed by atoms with Gasteiger partial charge in [-0.3, -0.25) is 9.62 Å². The molecule has 7 nitrogen and oxygen atoms in total. The van der Waals surface area contributed by atoms with Gasteiger partial charge in [-0.15, -0.1) is 0 Å². The predicted molar refractivity (Wildman–Crippen MR) is 98.3 cm³/mol. The first-order valence-electron chi connectivity index (χ1n) is 8.67. The zero-order valence-corrected chi connectivity index (χ0v) is 16.0. The SMILES string of the molecule is O=S(=O)(Nc1ncns1)c1cc(F)c(NCC23CCCN2CCC3)cc1F. The Labute approximate surface area is 160 Å². The summed E-state index contributed by atoms with van der Waals surface area (Å²) in [7, 11) is -4.29. The first-order chi connectivity index (χ1) is 12.9. The van der Waals surface area contributed by atoms with Gasteiger partial charge >= 0.3 is 0 Å². The third-order valence-corrected chi connectivity index (χ3v) is 7.38. The standard InChI is InChI=1S/C16H19F2N5O2S2/c17-11-8-14(27(24,25)22-15-20-10-21-26-15)12(18)7-13(11)19-9-16-3-1-5-23(16)6-2-4-16/h7-8,10,19H,1-6,9H2,(H,20,21,22). The summed E-state index contributed by atoms with van der Waals surface area (Å²) in [4.78, 5) is 5.32. The number of aromatic nitrogens is 2. The fourth-order valence-corrected chi connectivity index (χ4v) is 5.77. The van der Waals surface area contributed by atoms with Crippen LogP contribution in [0.1, 0.15) is 25.7 Å². The molecular formula is C16H19F2N5O2S2. The maximum Gasteiger partial charge on any atom is 0.266 e. The molecule has 27 heavy (non-hydrogen) atoms. The van der Waals surface area contributed by atoms with E-state index in [-0.39, 0.29) is 16.4 Å². The molecule has 0 saturated carbocycles. The molecule has 0 bridgehead atoms. The average molecular weight is 415 g/mol. The van der Waals surface area contributed by atoms with Crippen LogP contribution in [0.4, 0.5) is 19.6 Å². The summed E-state index contributed by atoms with van der Waals surface area (Å²) in [6.07, 6.45) is 5.44. The van der Waals surface area contributed by atoms with Gasteiger partial charge in [0.15, 0.2) is 0 Å². The van der Waals surface area contributed by atoms with Gasteiger partial charge in [0.25, 0.3) is 10.0 Å². The van der Waals surface area contributed by atoms with E-state index in [2.05, 4.69) is 24.3 Å². The fourth-order valence-electron chi connectivity index (χ4n) is 4.03. The molecule has 2 fully saturated rings. The lowest BCUT2D eigenvalue weighted by molar-refractivity contribution is 0.209. The molecule has 1 aromatic heterocycles. The van der Waals surface area contributed by atoms with E-state index in [0.29, 0.717) is 12.6 Å². The average Bonchev–Trinajstić information content (AvgIpc) is 3.31. The molecule has 3 heterocycles. The van der Waals surface area contributed by atoms with Crippen LogP contribution in [0.2, 0.25) is 0 Å². The van der Waals surface area contributed by atoms with E-state index in [4.69, 9.17) is 0 Å². The molecule has 2 saturated heterocycles. The van der Waals surface area contributed by atoms with E-state index >= 15 is 0 Å². The molecule has 2 aliphatic rings. The lowest BCUT2D eigenvalue weighted by atomic mass is 9.94. The largest absolute Gasteiger partial charge is 0.381 e. The van der Waals surface area contributed by atoms with Gasteiger partial charge in [0.2, 0.25) is 5.13 Å². The summed E-state index contributed by atoms with van der Waals surface area (Å²) in [5.74, 6) is -1.84. The van der Waals surface area contributed by atoms with E-state index in [1.54, 1.807) is 0 Å². The van der Waals surface area contributed by atoms with E-state index < -0.39 is 26.6 Å². The highest BCUT2D eigenvalue weighted by Gasteiger charge is 2.43. The van der Waals surface area contributed by atoms with Gasteiger partial charge in [-0.05, 0) is 44.8 Å². The second-order valence-corrected chi connectivity index (χ2v) is 9.32. The Morgan fingerprint density at radius 3 is 2.59 bits per heavy atom. The number of rotatable bonds is 6. The minimum absolute atomic E-state index is 0.00688. The van der Waals surface area contributed by atoms with Gasteiger partial charge in [0.05, 0.1) is 5.69 Å². The first-order valence-corrected chi connectivity index (χ1v) is 10.9. The first kappa shape index (κ1) is 18.5. The number of nitrogens with zero attached hydrogens (tertiary/aromatic N) is 3. The van der Waals surface area contributed by atoms with Crippen LogP contribution in [-0.2, 0) is 10.0 Å². The molecule has 146 valence electrons. The van der Waals surface area contributed by atoms with Crippen molar-refractivity contribution in [3.05, 3.63) is 30.1 Å². The maximum absolute atomic E-state index is 14.5. The molecule has 2 aliphatic heterocycles. The van der Waals surface area contributed by atoms with Crippen LogP contribution in [0.5, 0.6) is 0 Å². The summed E-state index contributed by atoms with van der Waals surface area (Å²) in [6, 6.07) is 1.59. The van der Waals surface area contributed by atoms with Crippen LogP contribution in [0, 0.1) is 11.6 Å². The van der Waals surface area contributed by atoms with Crippen molar-refractivity contribution >= 4 is 32.4 Å². The second-order valence-electron chi connectivity index (χ2n) is 6.89. The molecule has 0 amide bonds. The Morgan fingerprint density at radius 2 is 1.93 bits per heavy atom. The summed E-state index contributed by atoms with van der Waals surface area (Å²) in [5, 5.41) is 2.97. The van der Waals surface area contributed by atoms with E-state index in [0.717, 1.165) is 56.4 Å².